The van der Waals surface area contributed by atoms with Gasteiger partial charge in [-0.05, 0) is 62.9 Å². The van der Waals surface area contributed by atoms with E-state index in [2.05, 4.69) is 30.4 Å². The molecule has 3 heteroatoms. The second-order valence-electron chi connectivity index (χ2n) is 6.04. The number of aliphatic hydroxyl groups is 1. The van der Waals surface area contributed by atoms with Crippen molar-refractivity contribution in [2.24, 2.45) is 0 Å². The van der Waals surface area contributed by atoms with E-state index in [1.165, 1.54) is 11.1 Å². The van der Waals surface area contributed by atoms with Crippen LogP contribution in [-0.2, 0) is 12.8 Å². The van der Waals surface area contributed by atoms with E-state index in [9.17, 15) is 5.11 Å². The maximum atomic E-state index is 10.4. The van der Waals surface area contributed by atoms with Crippen molar-refractivity contribution in [2.45, 2.75) is 51.6 Å². The summed E-state index contributed by atoms with van der Waals surface area (Å²) in [5, 5.41) is 13.8. The van der Waals surface area contributed by atoms with Crippen molar-refractivity contribution in [3.05, 3.63) is 29.3 Å². The zero-order valence-corrected chi connectivity index (χ0v) is 12.7. The summed E-state index contributed by atoms with van der Waals surface area (Å²) >= 11 is 0. The molecule has 3 nitrogen and oxygen atoms in total. The number of hydrogen-bond donors (Lipinski definition) is 2. The molecular formula is C17H27NO2. The predicted octanol–water partition coefficient (Wildman–Crippen LogP) is 2.69. The molecule has 1 aromatic carbocycles. The first-order valence-electron chi connectivity index (χ1n) is 7.78. The van der Waals surface area contributed by atoms with Crippen LogP contribution in [0.2, 0.25) is 0 Å². The summed E-state index contributed by atoms with van der Waals surface area (Å²) in [6, 6.07) is 6.42. The van der Waals surface area contributed by atoms with Crippen LogP contribution in [0.3, 0.4) is 0 Å². The van der Waals surface area contributed by atoms with Crippen LogP contribution < -0.4 is 10.1 Å². The van der Waals surface area contributed by atoms with Crippen LogP contribution in [0.4, 0.5) is 0 Å². The lowest BCUT2D eigenvalue weighted by atomic mass is 9.93. The molecule has 0 amide bonds. The zero-order chi connectivity index (χ0) is 14.4. The average Bonchev–Trinajstić information content (AvgIpc) is 2.89. The van der Waals surface area contributed by atoms with Crippen LogP contribution >= 0.6 is 0 Å². The minimum absolute atomic E-state index is 0.587. The van der Waals surface area contributed by atoms with Crippen molar-refractivity contribution >= 4 is 0 Å². The van der Waals surface area contributed by atoms with E-state index < -0.39 is 5.60 Å². The van der Waals surface area contributed by atoms with Gasteiger partial charge in [0, 0.05) is 6.42 Å². The molecule has 0 saturated heterocycles. The summed E-state index contributed by atoms with van der Waals surface area (Å²) < 4.78 is 5.52. The van der Waals surface area contributed by atoms with Crippen LogP contribution in [0.5, 0.6) is 5.75 Å². The number of benzene rings is 1. The van der Waals surface area contributed by atoms with Gasteiger partial charge in [0.2, 0.25) is 0 Å². The Balaban J connectivity index is 1.78. The van der Waals surface area contributed by atoms with Crippen molar-refractivity contribution < 1.29 is 9.84 Å². The van der Waals surface area contributed by atoms with E-state index in [0.29, 0.717) is 0 Å². The largest absolute Gasteiger partial charge is 0.493 e. The van der Waals surface area contributed by atoms with Gasteiger partial charge in [-0.25, -0.2) is 0 Å². The average molecular weight is 277 g/mol. The van der Waals surface area contributed by atoms with E-state index in [1.54, 1.807) is 0 Å². The molecule has 0 spiro atoms. The van der Waals surface area contributed by atoms with Crippen LogP contribution in [0.25, 0.3) is 0 Å². The molecule has 0 aromatic heterocycles. The van der Waals surface area contributed by atoms with Gasteiger partial charge in [-0.15, -0.1) is 0 Å². The van der Waals surface area contributed by atoms with Gasteiger partial charge in [0.1, 0.15) is 5.75 Å². The van der Waals surface area contributed by atoms with E-state index in [4.69, 9.17) is 4.74 Å². The monoisotopic (exact) mass is 277 g/mol. The molecule has 1 aliphatic rings. The Morgan fingerprint density at radius 1 is 1.30 bits per heavy atom. The van der Waals surface area contributed by atoms with E-state index in [1.807, 2.05) is 6.92 Å². The third-order valence-corrected chi connectivity index (χ3v) is 3.97. The minimum atomic E-state index is -0.587. The number of fused-ring (bicyclic) bond motifs is 1. The summed E-state index contributed by atoms with van der Waals surface area (Å²) in [6.07, 6.45) is 4.69. The van der Waals surface area contributed by atoms with E-state index >= 15 is 0 Å². The predicted molar refractivity (Wildman–Crippen MR) is 82.4 cm³/mol. The van der Waals surface area contributed by atoms with Gasteiger partial charge in [-0.1, -0.05) is 19.1 Å². The van der Waals surface area contributed by atoms with Gasteiger partial charge in [-0.2, -0.15) is 0 Å². The summed E-state index contributed by atoms with van der Waals surface area (Å²) in [7, 11) is 0. The van der Waals surface area contributed by atoms with Crippen molar-refractivity contribution in [3.8, 4) is 5.75 Å². The Morgan fingerprint density at radius 3 is 2.95 bits per heavy atom. The first-order valence-corrected chi connectivity index (χ1v) is 7.78. The molecule has 1 unspecified atom stereocenters. The van der Waals surface area contributed by atoms with Crippen LogP contribution in [-0.4, -0.2) is 30.4 Å². The molecule has 112 valence electrons. The Kier molecular flexibility index (Phi) is 5.44. The van der Waals surface area contributed by atoms with Crippen molar-refractivity contribution in [1.29, 1.82) is 0 Å². The smallest absolute Gasteiger partial charge is 0.122 e. The topological polar surface area (TPSA) is 41.5 Å². The lowest BCUT2D eigenvalue weighted by molar-refractivity contribution is 0.0426. The molecule has 20 heavy (non-hydrogen) atoms. The fourth-order valence-electron chi connectivity index (χ4n) is 2.59. The van der Waals surface area contributed by atoms with Gasteiger partial charge >= 0.3 is 0 Å². The zero-order valence-electron chi connectivity index (χ0n) is 12.7. The molecule has 2 N–H and O–H groups in total. The molecule has 2 rings (SSSR count). The molecule has 1 aromatic rings. The van der Waals surface area contributed by atoms with Gasteiger partial charge in [-0.3, -0.25) is 0 Å². The normalized spacial score (nSPS) is 16.6. The summed E-state index contributed by atoms with van der Waals surface area (Å²) in [5.74, 6) is 1.03. The first-order chi connectivity index (χ1) is 9.61. The Hall–Kier alpha value is -1.06. The highest BCUT2D eigenvalue weighted by molar-refractivity contribution is 5.39. The van der Waals surface area contributed by atoms with Crippen LogP contribution in [0.1, 0.15) is 44.2 Å². The highest BCUT2D eigenvalue weighted by Gasteiger charge is 2.20. The highest BCUT2D eigenvalue weighted by atomic mass is 16.5. The minimum Gasteiger partial charge on any atom is -0.493 e. The molecule has 1 aliphatic heterocycles. The van der Waals surface area contributed by atoms with Gasteiger partial charge in [0.05, 0.1) is 12.2 Å². The summed E-state index contributed by atoms with van der Waals surface area (Å²) in [5.41, 5.74) is 2.03. The lowest BCUT2D eigenvalue weighted by Gasteiger charge is -2.23. The third kappa shape index (κ3) is 4.50. The molecular weight excluding hydrogens is 250 g/mol. The molecule has 0 bridgehead atoms. The first kappa shape index (κ1) is 15.3. The lowest BCUT2D eigenvalue weighted by Crippen LogP contribution is -2.30. The molecule has 0 fully saturated rings. The van der Waals surface area contributed by atoms with Gasteiger partial charge in [0.15, 0.2) is 0 Å². The quantitative estimate of drug-likeness (QED) is 0.718. The molecule has 0 radical (unpaired) electrons. The maximum absolute atomic E-state index is 10.4. The second kappa shape index (κ2) is 7.09. The van der Waals surface area contributed by atoms with Crippen molar-refractivity contribution in [3.63, 3.8) is 0 Å². The van der Waals surface area contributed by atoms with Crippen LogP contribution in [0.15, 0.2) is 18.2 Å². The standard InChI is InChI=1S/C17H27NO2/c1-3-10-18-11-9-17(2,19)8-6-14-4-5-16-15(13-14)7-12-20-16/h4-5,13,18-19H,3,6-12H2,1-2H3. The SMILES string of the molecule is CCCNCCC(C)(O)CCc1ccc2c(c1)CCO2. The molecule has 0 saturated carbocycles. The summed E-state index contributed by atoms with van der Waals surface area (Å²) in [4.78, 5) is 0. The number of ether oxygens (including phenoxy) is 1. The Bertz CT molecular complexity index is 429. The number of aryl methyl sites for hydroxylation is 1. The van der Waals surface area contributed by atoms with Gasteiger partial charge < -0.3 is 15.2 Å². The molecule has 1 atom stereocenters. The second-order valence-corrected chi connectivity index (χ2v) is 6.04. The van der Waals surface area contributed by atoms with E-state index in [0.717, 1.165) is 57.6 Å². The van der Waals surface area contributed by atoms with E-state index in [-0.39, 0.29) is 0 Å². The summed E-state index contributed by atoms with van der Waals surface area (Å²) in [6.45, 7) is 6.82. The van der Waals surface area contributed by atoms with Crippen molar-refractivity contribution in [2.75, 3.05) is 19.7 Å². The molecule has 1 heterocycles. The fraction of sp³-hybridized carbons (Fsp3) is 0.647. The van der Waals surface area contributed by atoms with Crippen molar-refractivity contribution in [1.82, 2.24) is 5.32 Å². The molecule has 0 aliphatic carbocycles. The van der Waals surface area contributed by atoms with Crippen LogP contribution in [0, 0.1) is 0 Å². The fourth-order valence-corrected chi connectivity index (χ4v) is 2.59. The third-order valence-electron chi connectivity index (χ3n) is 3.97. The number of rotatable bonds is 8. The number of hydrogen-bond acceptors (Lipinski definition) is 3. The Morgan fingerprint density at radius 2 is 2.15 bits per heavy atom. The van der Waals surface area contributed by atoms with Gasteiger partial charge in [0.25, 0.3) is 0 Å². The highest BCUT2D eigenvalue weighted by Crippen LogP contribution is 2.27. The number of nitrogens with one attached hydrogen (secondary N) is 1. The maximum Gasteiger partial charge on any atom is 0.122 e. The Labute approximate surface area is 122 Å².